The first-order valence-electron chi connectivity index (χ1n) is 4.50. The first-order chi connectivity index (χ1) is 7.27. The lowest BCUT2D eigenvalue weighted by molar-refractivity contribution is 0.469. The Morgan fingerprint density at radius 2 is 2.20 bits per heavy atom. The molecule has 0 saturated carbocycles. The zero-order valence-electron chi connectivity index (χ0n) is 7.90. The molecule has 0 amide bonds. The Bertz CT molecular complexity index is 442. The summed E-state index contributed by atoms with van der Waals surface area (Å²) in [7, 11) is 0. The molecule has 0 aliphatic rings. The SMILES string of the molecule is Oc1c(Cl)cccc1CNc1ccsc1. The minimum absolute atomic E-state index is 0.155. The largest absolute Gasteiger partial charge is 0.506 e. The van der Waals surface area contributed by atoms with Gasteiger partial charge in [0.05, 0.1) is 5.02 Å². The van der Waals surface area contributed by atoms with Gasteiger partial charge in [0.15, 0.2) is 0 Å². The number of halogens is 1. The van der Waals surface area contributed by atoms with Crippen LogP contribution >= 0.6 is 22.9 Å². The van der Waals surface area contributed by atoms with Crippen molar-refractivity contribution >= 4 is 28.6 Å². The van der Waals surface area contributed by atoms with Crippen LogP contribution in [0, 0.1) is 0 Å². The Labute approximate surface area is 97.1 Å². The molecule has 1 aromatic heterocycles. The van der Waals surface area contributed by atoms with Gasteiger partial charge in [0.25, 0.3) is 0 Å². The number of hydrogen-bond donors (Lipinski definition) is 2. The number of rotatable bonds is 3. The predicted octanol–water partition coefficient (Wildman–Crippen LogP) is 3.72. The van der Waals surface area contributed by atoms with E-state index in [0.717, 1.165) is 11.3 Å². The highest BCUT2D eigenvalue weighted by molar-refractivity contribution is 7.08. The highest BCUT2D eigenvalue weighted by Crippen LogP contribution is 2.27. The Balaban J connectivity index is 2.08. The van der Waals surface area contributed by atoms with Crippen molar-refractivity contribution in [2.75, 3.05) is 5.32 Å². The average Bonchev–Trinajstić information content (AvgIpc) is 2.73. The van der Waals surface area contributed by atoms with E-state index in [-0.39, 0.29) is 5.75 Å². The van der Waals surface area contributed by atoms with Gasteiger partial charge in [-0.15, -0.1) is 0 Å². The molecule has 0 aliphatic carbocycles. The van der Waals surface area contributed by atoms with Gasteiger partial charge >= 0.3 is 0 Å². The summed E-state index contributed by atoms with van der Waals surface area (Å²) in [5.74, 6) is 0.155. The van der Waals surface area contributed by atoms with E-state index >= 15 is 0 Å². The molecule has 0 aliphatic heterocycles. The van der Waals surface area contributed by atoms with Crippen LogP contribution in [0.3, 0.4) is 0 Å². The molecule has 2 aromatic rings. The molecule has 15 heavy (non-hydrogen) atoms. The van der Waals surface area contributed by atoms with Crippen molar-refractivity contribution in [2.24, 2.45) is 0 Å². The molecule has 0 fully saturated rings. The lowest BCUT2D eigenvalue weighted by Crippen LogP contribution is -1.98. The van der Waals surface area contributed by atoms with Gasteiger partial charge in [-0.2, -0.15) is 11.3 Å². The molecule has 0 atom stereocenters. The van der Waals surface area contributed by atoms with Crippen molar-refractivity contribution in [1.29, 1.82) is 0 Å². The van der Waals surface area contributed by atoms with Gasteiger partial charge in [-0.05, 0) is 17.5 Å². The summed E-state index contributed by atoms with van der Waals surface area (Å²) in [6.07, 6.45) is 0. The normalized spacial score (nSPS) is 10.2. The van der Waals surface area contributed by atoms with E-state index in [4.69, 9.17) is 11.6 Å². The summed E-state index contributed by atoms with van der Waals surface area (Å²) in [4.78, 5) is 0. The number of hydrogen-bond acceptors (Lipinski definition) is 3. The van der Waals surface area contributed by atoms with Gasteiger partial charge in [0.1, 0.15) is 5.75 Å². The zero-order chi connectivity index (χ0) is 10.7. The monoisotopic (exact) mass is 239 g/mol. The maximum Gasteiger partial charge on any atom is 0.139 e. The standard InChI is InChI=1S/C11H10ClNOS/c12-10-3-1-2-8(11(10)14)6-13-9-4-5-15-7-9/h1-5,7,13-14H,6H2. The number of anilines is 1. The van der Waals surface area contributed by atoms with Crippen molar-refractivity contribution in [3.63, 3.8) is 0 Å². The molecule has 2 nitrogen and oxygen atoms in total. The van der Waals surface area contributed by atoms with Crippen LogP contribution in [0.15, 0.2) is 35.0 Å². The average molecular weight is 240 g/mol. The molecule has 0 spiro atoms. The Hall–Kier alpha value is -1.19. The van der Waals surface area contributed by atoms with Crippen LogP contribution in [-0.2, 0) is 6.54 Å². The topological polar surface area (TPSA) is 32.3 Å². The highest BCUT2D eigenvalue weighted by atomic mass is 35.5. The van der Waals surface area contributed by atoms with Crippen molar-refractivity contribution < 1.29 is 5.11 Å². The van der Waals surface area contributed by atoms with Gasteiger partial charge in [-0.1, -0.05) is 23.7 Å². The van der Waals surface area contributed by atoms with Crippen LogP contribution in [0.5, 0.6) is 5.75 Å². The molecule has 4 heteroatoms. The van der Waals surface area contributed by atoms with E-state index in [0.29, 0.717) is 11.6 Å². The minimum Gasteiger partial charge on any atom is -0.506 e. The van der Waals surface area contributed by atoms with E-state index in [2.05, 4.69) is 5.32 Å². The fourth-order valence-corrected chi connectivity index (χ4v) is 2.07. The summed E-state index contributed by atoms with van der Waals surface area (Å²) in [5, 5.41) is 17.3. The third-order valence-corrected chi connectivity index (χ3v) is 3.06. The van der Waals surface area contributed by atoms with Crippen LogP contribution < -0.4 is 5.32 Å². The highest BCUT2D eigenvalue weighted by Gasteiger charge is 2.04. The molecule has 0 bridgehead atoms. The number of phenols is 1. The summed E-state index contributed by atoms with van der Waals surface area (Å²) in [6, 6.07) is 7.34. The van der Waals surface area contributed by atoms with E-state index in [1.807, 2.05) is 29.0 Å². The van der Waals surface area contributed by atoms with Gasteiger partial charge in [0.2, 0.25) is 0 Å². The first kappa shape index (κ1) is 10.3. The maximum absolute atomic E-state index is 9.66. The number of phenolic OH excluding ortho intramolecular Hbond substituents is 1. The van der Waals surface area contributed by atoms with Crippen LogP contribution in [0.25, 0.3) is 0 Å². The van der Waals surface area contributed by atoms with E-state index in [1.54, 1.807) is 17.4 Å². The lowest BCUT2D eigenvalue weighted by Gasteiger charge is -2.07. The van der Waals surface area contributed by atoms with E-state index < -0.39 is 0 Å². The fraction of sp³-hybridized carbons (Fsp3) is 0.0909. The number of para-hydroxylation sites is 1. The van der Waals surface area contributed by atoms with Crippen LogP contribution in [-0.4, -0.2) is 5.11 Å². The number of benzene rings is 1. The Kier molecular flexibility index (Phi) is 3.14. The van der Waals surface area contributed by atoms with E-state index in [9.17, 15) is 5.11 Å². The third-order valence-electron chi connectivity index (χ3n) is 2.07. The summed E-state index contributed by atoms with van der Waals surface area (Å²) < 4.78 is 0. The van der Waals surface area contributed by atoms with Gasteiger partial charge in [0, 0.05) is 23.2 Å². The van der Waals surface area contributed by atoms with Crippen molar-refractivity contribution in [1.82, 2.24) is 0 Å². The number of nitrogens with one attached hydrogen (secondary N) is 1. The van der Waals surface area contributed by atoms with E-state index in [1.165, 1.54) is 0 Å². The molecule has 0 radical (unpaired) electrons. The second-order valence-corrected chi connectivity index (χ2v) is 4.30. The molecule has 2 N–H and O–H groups in total. The molecule has 0 unspecified atom stereocenters. The first-order valence-corrected chi connectivity index (χ1v) is 5.82. The van der Waals surface area contributed by atoms with Crippen LogP contribution in [0.1, 0.15) is 5.56 Å². The zero-order valence-corrected chi connectivity index (χ0v) is 9.48. The minimum atomic E-state index is 0.155. The second-order valence-electron chi connectivity index (χ2n) is 3.11. The quantitative estimate of drug-likeness (QED) is 0.856. The molecule has 2 rings (SSSR count). The molecule has 0 saturated heterocycles. The molecule has 1 heterocycles. The number of thiophene rings is 1. The summed E-state index contributed by atoms with van der Waals surface area (Å²) in [5.41, 5.74) is 1.85. The van der Waals surface area contributed by atoms with Gasteiger partial charge in [-0.25, -0.2) is 0 Å². The maximum atomic E-state index is 9.66. The lowest BCUT2D eigenvalue weighted by atomic mass is 10.2. The fourth-order valence-electron chi connectivity index (χ4n) is 1.26. The van der Waals surface area contributed by atoms with Crippen LogP contribution in [0.4, 0.5) is 5.69 Å². The third kappa shape index (κ3) is 2.43. The van der Waals surface area contributed by atoms with Crippen molar-refractivity contribution in [3.05, 3.63) is 45.6 Å². The van der Waals surface area contributed by atoms with Gasteiger partial charge in [-0.3, -0.25) is 0 Å². The van der Waals surface area contributed by atoms with Crippen molar-refractivity contribution in [3.8, 4) is 5.75 Å². The van der Waals surface area contributed by atoms with Crippen LogP contribution in [0.2, 0.25) is 5.02 Å². The smallest absolute Gasteiger partial charge is 0.139 e. The second kappa shape index (κ2) is 4.55. The Morgan fingerprint density at radius 3 is 2.93 bits per heavy atom. The number of aromatic hydroxyl groups is 1. The Morgan fingerprint density at radius 1 is 1.33 bits per heavy atom. The molecule has 78 valence electrons. The van der Waals surface area contributed by atoms with Gasteiger partial charge < -0.3 is 10.4 Å². The molecule has 1 aromatic carbocycles. The van der Waals surface area contributed by atoms with Crippen molar-refractivity contribution in [2.45, 2.75) is 6.54 Å². The predicted molar refractivity (Wildman–Crippen MR) is 64.8 cm³/mol. The summed E-state index contributed by atoms with van der Waals surface area (Å²) >= 11 is 7.43. The molecular weight excluding hydrogens is 230 g/mol. The summed E-state index contributed by atoms with van der Waals surface area (Å²) in [6.45, 7) is 0.573. The molecular formula is C11H10ClNOS.